The highest BCUT2D eigenvalue weighted by molar-refractivity contribution is 5.92. The van der Waals surface area contributed by atoms with Crippen LogP contribution in [0.25, 0.3) is 0 Å². The Hall–Kier alpha value is -1.63. The highest BCUT2D eigenvalue weighted by Crippen LogP contribution is 2.34. The summed E-state index contributed by atoms with van der Waals surface area (Å²) in [5.74, 6) is 0.326. The number of benzene rings is 1. The van der Waals surface area contributed by atoms with Crippen molar-refractivity contribution in [2.45, 2.75) is 31.6 Å². The molecule has 1 aromatic rings. The molecule has 0 bridgehead atoms. The van der Waals surface area contributed by atoms with E-state index in [2.05, 4.69) is 31.2 Å². The molecule has 1 aliphatic rings. The molecule has 1 atom stereocenters. The number of ketones is 1. The van der Waals surface area contributed by atoms with Gasteiger partial charge >= 0.3 is 0 Å². The van der Waals surface area contributed by atoms with Crippen LogP contribution < -0.4 is 0 Å². The van der Waals surface area contributed by atoms with Gasteiger partial charge in [-0.25, -0.2) is 0 Å². The van der Waals surface area contributed by atoms with E-state index in [9.17, 15) is 4.79 Å². The molecule has 2 rings (SSSR count). The molecular formula is C16H18O. The van der Waals surface area contributed by atoms with Crippen molar-refractivity contribution in [1.82, 2.24) is 0 Å². The van der Waals surface area contributed by atoms with Crippen molar-refractivity contribution < 1.29 is 4.79 Å². The van der Waals surface area contributed by atoms with Crippen molar-refractivity contribution in [2.24, 2.45) is 0 Å². The summed E-state index contributed by atoms with van der Waals surface area (Å²) in [4.78, 5) is 12.4. The quantitative estimate of drug-likeness (QED) is 0.763. The van der Waals surface area contributed by atoms with Crippen LogP contribution in [0, 0.1) is 0 Å². The van der Waals surface area contributed by atoms with Crippen molar-refractivity contribution in [2.75, 3.05) is 0 Å². The zero-order valence-corrected chi connectivity index (χ0v) is 10.2. The second kappa shape index (κ2) is 5.13. The number of hydrogen-bond donors (Lipinski definition) is 0. The number of rotatable bonds is 4. The molecule has 0 amide bonds. The fourth-order valence-electron chi connectivity index (χ4n) is 2.39. The van der Waals surface area contributed by atoms with Crippen molar-refractivity contribution in [1.29, 1.82) is 0 Å². The molecular weight excluding hydrogens is 208 g/mol. The number of carbonyl (C=O) groups is 1. The van der Waals surface area contributed by atoms with Gasteiger partial charge in [-0.1, -0.05) is 61.6 Å². The topological polar surface area (TPSA) is 17.1 Å². The number of allylic oxidation sites excluding steroid dienone is 4. The fraction of sp³-hybridized carbons (Fsp3) is 0.312. The Balaban J connectivity index is 2.41. The summed E-state index contributed by atoms with van der Waals surface area (Å²) in [5.41, 5.74) is 0.686. The summed E-state index contributed by atoms with van der Waals surface area (Å²) < 4.78 is 0. The lowest BCUT2D eigenvalue weighted by molar-refractivity contribution is -0.123. The summed E-state index contributed by atoms with van der Waals surface area (Å²) in [6.45, 7) is 2.05. The maximum Gasteiger partial charge on any atom is 0.147 e. The molecule has 0 fully saturated rings. The van der Waals surface area contributed by atoms with Gasteiger partial charge in [0.15, 0.2) is 0 Å². The van der Waals surface area contributed by atoms with Crippen LogP contribution in [0.4, 0.5) is 0 Å². The van der Waals surface area contributed by atoms with Gasteiger partial charge in [0.2, 0.25) is 0 Å². The van der Waals surface area contributed by atoms with Crippen LogP contribution in [0.2, 0.25) is 0 Å². The molecule has 0 heterocycles. The van der Waals surface area contributed by atoms with Gasteiger partial charge in [-0.15, -0.1) is 0 Å². The third kappa shape index (κ3) is 2.23. The Morgan fingerprint density at radius 2 is 2.00 bits per heavy atom. The average Bonchev–Trinajstić information content (AvgIpc) is 2.41. The second-order valence-electron chi connectivity index (χ2n) is 4.50. The third-order valence-corrected chi connectivity index (χ3v) is 3.33. The smallest absolute Gasteiger partial charge is 0.147 e. The fourth-order valence-corrected chi connectivity index (χ4v) is 2.39. The van der Waals surface area contributed by atoms with Crippen molar-refractivity contribution in [3.05, 3.63) is 60.2 Å². The van der Waals surface area contributed by atoms with E-state index in [4.69, 9.17) is 0 Å². The summed E-state index contributed by atoms with van der Waals surface area (Å²) in [6.07, 6.45) is 10.5. The van der Waals surface area contributed by atoms with E-state index in [0.717, 1.165) is 18.4 Å². The van der Waals surface area contributed by atoms with Crippen molar-refractivity contribution >= 4 is 5.78 Å². The van der Waals surface area contributed by atoms with E-state index in [0.29, 0.717) is 12.2 Å². The van der Waals surface area contributed by atoms with Gasteiger partial charge in [-0.3, -0.25) is 4.79 Å². The van der Waals surface area contributed by atoms with E-state index in [1.165, 1.54) is 0 Å². The van der Waals surface area contributed by atoms with Crippen molar-refractivity contribution in [3.63, 3.8) is 0 Å². The lowest BCUT2D eigenvalue weighted by atomic mass is 9.71. The van der Waals surface area contributed by atoms with Crippen LogP contribution in [0.15, 0.2) is 54.6 Å². The Morgan fingerprint density at radius 3 is 2.59 bits per heavy atom. The van der Waals surface area contributed by atoms with E-state index in [1.54, 1.807) is 0 Å². The minimum atomic E-state index is -0.425. The first-order valence-corrected chi connectivity index (χ1v) is 6.23. The SMILES string of the molecule is CCCC(=O)C1(c2ccccc2)C=CC=CC1. The maximum absolute atomic E-state index is 12.4. The van der Waals surface area contributed by atoms with Gasteiger partial charge in [0.25, 0.3) is 0 Å². The van der Waals surface area contributed by atoms with Crippen molar-refractivity contribution in [3.8, 4) is 0 Å². The molecule has 17 heavy (non-hydrogen) atoms. The van der Waals surface area contributed by atoms with Gasteiger partial charge in [0, 0.05) is 6.42 Å². The van der Waals surface area contributed by atoms with Crippen LogP contribution in [0.5, 0.6) is 0 Å². The largest absolute Gasteiger partial charge is 0.298 e. The van der Waals surface area contributed by atoms with Crippen LogP contribution in [0.3, 0.4) is 0 Å². The summed E-state index contributed by atoms with van der Waals surface area (Å²) >= 11 is 0. The minimum absolute atomic E-state index is 0.326. The first kappa shape index (κ1) is 11.8. The Kier molecular flexibility index (Phi) is 3.58. The third-order valence-electron chi connectivity index (χ3n) is 3.33. The lowest BCUT2D eigenvalue weighted by Crippen LogP contribution is -2.34. The summed E-state index contributed by atoms with van der Waals surface area (Å²) in [5, 5.41) is 0. The van der Waals surface area contributed by atoms with Crippen LogP contribution in [0.1, 0.15) is 31.7 Å². The molecule has 1 nitrogen and oxygen atoms in total. The predicted octanol–water partition coefficient (Wildman–Crippen LogP) is 3.81. The van der Waals surface area contributed by atoms with Crippen LogP contribution in [-0.2, 0) is 10.2 Å². The lowest BCUT2D eigenvalue weighted by Gasteiger charge is -2.30. The van der Waals surface area contributed by atoms with Gasteiger partial charge in [0.05, 0.1) is 5.41 Å². The number of carbonyl (C=O) groups excluding carboxylic acids is 1. The number of Topliss-reactive ketones (excluding diaryl/α,β-unsaturated/α-hetero) is 1. The van der Waals surface area contributed by atoms with Gasteiger partial charge in [-0.2, -0.15) is 0 Å². The molecule has 1 aromatic carbocycles. The van der Waals surface area contributed by atoms with E-state index < -0.39 is 5.41 Å². The predicted molar refractivity (Wildman–Crippen MR) is 70.9 cm³/mol. The molecule has 1 heteroatoms. The standard InChI is InChI=1S/C16H18O/c1-2-9-15(17)16(12-7-4-8-13-16)14-10-5-3-6-11-14/h3-8,10-12H,2,9,13H2,1H3. The van der Waals surface area contributed by atoms with E-state index in [1.807, 2.05) is 30.4 Å². The first-order chi connectivity index (χ1) is 8.29. The van der Waals surface area contributed by atoms with Gasteiger partial charge in [0.1, 0.15) is 5.78 Å². The molecule has 88 valence electrons. The normalized spacial score (nSPS) is 22.6. The summed E-state index contributed by atoms with van der Waals surface area (Å²) in [7, 11) is 0. The van der Waals surface area contributed by atoms with Gasteiger partial charge < -0.3 is 0 Å². The Morgan fingerprint density at radius 1 is 1.24 bits per heavy atom. The Bertz CT molecular complexity index is 442. The highest BCUT2D eigenvalue weighted by Gasteiger charge is 2.36. The molecule has 0 saturated heterocycles. The minimum Gasteiger partial charge on any atom is -0.298 e. The number of hydrogen-bond acceptors (Lipinski definition) is 1. The molecule has 0 aromatic heterocycles. The molecule has 0 N–H and O–H groups in total. The molecule has 1 unspecified atom stereocenters. The molecule has 0 aliphatic heterocycles. The second-order valence-corrected chi connectivity index (χ2v) is 4.50. The summed E-state index contributed by atoms with van der Waals surface area (Å²) in [6, 6.07) is 10.1. The molecule has 0 saturated carbocycles. The molecule has 1 aliphatic carbocycles. The van der Waals surface area contributed by atoms with E-state index in [-0.39, 0.29) is 0 Å². The van der Waals surface area contributed by atoms with Crippen LogP contribution in [-0.4, -0.2) is 5.78 Å². The average molecular weight is 226 g/mol. The molecule has 0 radical (unpaired) electrons. The van der Waals surface area contributed by atoms with E-state index >= 15 is 0 Å². The van der Waals surface area contributed by atoms with Gasteiger partial charge in [-0.05, 0) is 18.4 Å². The zero-order chi connectivity index (χ0) is 12.1. The highest BCUT2D eigenvalue weighted by atomic mass is 16.1. The first-order valence-electron chi connectivity index (χ1n) is 6.23. The Labute approximate surface area is 103 Å². The molecule has 0 spiro atoms. The monoisotopic (exact) mass is 226 g/mol. The maximum atomic E-state index is 12.4. The zero-order valence-electron chi connectivity index (χ0n) is 10.2. The van der Waals surface area contributed by atoms with Crippen LogP contribution >= 0.6 is 0 Å².